The molecule has 4 N–H and O–H groups in total. The number of ether oxygens (including phenoxy) is 1. The van der Waals surface area contributed by atoms with Crippen molar-refractivity contribution < 1.29 is 17.9 Å². The number of rotatable bonds is 3. The molecule has 1 atom stereocenters. The molecular weight excluding hydrogens is 337 g/mol. The minimum Gasteiger partial charge on any atom is -0.377 e. The molecule has 0 bridgehead atoms. The number of aliphatic imine (C=N–C) groups is 1. The average Bonchev–Trinajstić information content (AvgIpc) is 2.78. The lowest BCUT2D eigenvalue weighted by Crippen LogP contribution is -2.53. The Labute approximate surface area is 134 Å². The molecule has 1 aromatic rings. The number of hydrogen-bond acceptors (Lipinski definition) is 6. The lowest BCUT2D eigenvalue weighted by atomic mass is 10.1. The van der Waals surface area contributed by atoms with Gasteiger partial charge in [0, 0.05) is 13.3 Å². The summed E-state index contributed by atoms with van der Waals surface area (Å²) in [6, 6.07) is -0.0162. The van der Waals surface area contributed by atoms with Crippen LogP contribution in [0.1, 0.15) is 11.6 Å². The summed E-state index contributed by atoms with van der Waals surface area (Å²) in [7, 11) is 1.35. The Bertz CT molecular complexity index is 681. The predicted octanol–water partition coefficient (Wildman–Crippen LogP) is 0.844. The Morgan fingerprint density at radius 1 is 1.52 bits per heavy atom. The van der Waals surface area contributed by atoms with Crippen molar-refractivity contribution >= 4 is 17.8 Å². The van der Waals surface area contributed by atoms with Crippen LogP contribution >= 0.6 is 11.6 Å². The smallest absolute Gasteiger partial charge is 0.377 e. The topological polar surface area (TPSA) is 89.5 Å². The highest BCUT2D eigenvalue weighted by Crippen LogP contribution is 2.34. The molecule has 3 heterocycles. The van der Waals surface area contributed by atoms with Crippen molar-refractivity contribution in [1.82, 2.24) is 20.4 Å². The van der Waals surface area contributed by atoms with Gasteiger partial charge in [-0.1, -0.05) is 11.6 Å². The van der Waals surface area contributed by atoms with Gasteiger partial charge in [-0.05, 0) is 0 Å². The lowest BCUT2D eigenvalue weighted by Gasteiger charge is -2.33. The molecule has 23 heavy (non-hydrogen) atoms. The second-order valence-electron chi connectivity index (χ2n) is 5.17. The molecule has 7 nitrogen and oxygen atoms in total. The van der Waals surface area contributed by atoms with Crippen molar-refractivity contribution in [2.45, 2.75) is 18.0 Å². The number of aromatic nitrogens is 2. The number of nitrogens with one attached hydrogen (secondary N) is 2. The second-order valence-corrected chi connectivity index (χ2v) is 5.53. The van der Waals surface area contributed by atoms with Crippen LogP contribution in [0.3, 0.4) is 0 Å². The Kier molecular flexibility index (Phi) is 3.77. The summed E-state index contributed by atoms with van der Waals surface area (Å²) in [5, 5.41) is 9.32. The van der Waals surface area contributed by atoms with Crippen LogP contribution in [0.15, 0.2) is 22.6 Å². The molecule has 0 spiro atoms. The molecule has 0 saturated carbocycles. The minimum absolute atomic E-state index is 0.0162. The van der Waals surface area contributed by atoms with Gasteiger partial charge in [0.2, 0.25) is 5.79 Å². The Morgan fingerprint density at radius 3 is 2.74 bits per heavy atom. The van der Waals surface area contributed by atoms with E-state index in [4.69, 9.17) is 22.1 Å². The van der Waals surface area contributed by atoms with E-state index in [1.807, 2.05) is 0 Å². The third-order valence-corrected chi connectivity index (χ3v) is 4.03. The van der Waals surface area contributed by atoms with Crippen LogP contribution < -0.4 is 16.4 Å². The van der Waals surface area contributed by atoms with Gasteiger partial charge >= 0.3 is 6.18 Å². The fraction of sp³-hybridized carbons (Fsp3) is 0.500. The monoisotopic (exact) mass is 350 g/mol. The minimum atomic E-state index is -4.56. The van der Waals surface area contributed by atoms with E-state index in [1.165, 1.54) is 17.9 Å². The third kappa shape index (κ3) is 2.66. The molecule has 1 saturated heterocycles. The molecule has 3 rings (SSSR count). The van der Waals surface area contributed by atoms with Crippen molar-refractivity contribution in [2.24, 2.45) is 10.7 Å². The lowest BCUT2D eigenvalue weighted by molar-refractivity contribution is -0.0875. The summed E-state index contributed by atoms with van der Waals surface area (Å²) in [4.78, 5) is 3.81. The highest BCUT2D eigenvalue weighted by atomic mass is 35.5. The van der Waals surface area contributed by atoms with E-state index in [-0.39, 0.29) is 22.6 Å². The third-order valence-electron chi connectivity index (χ3n) is 3.65. The molecule has 126 valence electrons. The molecule has 1 fully saturated rings. The quantitative estimate of drug-likeness (QED) is 0.752. The number of allylic oxidation sites excluding steroid dienone is 1. The first-order valence-corrected chi connectivity index (χ1v) is 7.07. The van der Waals surface area contributed by atoms with Gasteiger partial charge in [0.15, 0.2) is 0 Å². The van der Waals surface area contributed by atoms with Gasteiger partial charge in [0.1, 0.15) is 22.6 Å². The van der Waals surface area contributed by atoms with Gasteiger partial charge in [0.05, 0.1) is 25.0 Å². The van der Waals surface area contributed by atoms with Gasteiger partial charge in [-0.25, -0.2) is 9.67 Å². The largest absolute Gasteiger partial charge is 0.421 e. The molecule has 0 amide bonds. The molecule has 0 aromatic carbocycles. The normalized spacial score (nSPS) is 25.3. The van der Waals surface area contributed by atoms with Crippen molar-refractivity contribution in [3.8, 4) is 0 Å². The summed E-state index contributed by atoms with van der Waals surface area (Å²) >= 11 is 6.26. The van der Waals surface area contributed by atoms with E-state index in [1.54, 1.807) is 0 Å². The second kappa shape index (κ2) is 5.39. The molecule has 11 heteroatoms. The van der Waals surface area contributed by atoms with Crippen molar-refractivity contribution in [2.75, 3.05) is 20.3 Å². The number of nitrogens with zero attached hydrogens (tertiary/aromatic N) is 3. The summed E-state index contributed by atoms with van der Waals surface area (Å²) in [6.45, 7) is 0.935. The van der Waals surface area contributed by atoms with Crippen LogP contribution in [0, 0.1) is 0 Å². The average molecular weight is 351 g/mol. The molecule has 2 aliphatic heterocycles. The van der Waals surface area contributed by atoms with E-state index in [2.05, 4.69) is 20.7 Å². The first-order valence-electron chi connectivity index (χ1n) is 6.69. The molecule has 2 aliphatic rings. The fourth-order valence-electron chi connectivity index (χ4n) is 2.29. The van der Waals surface area contributed by atoms with Crippen LogP contribution in [0.25, 0.3) is 0 Å². The van der Waals surface area contributed by atoms with E-state index < -0.39 is 17.5 Å². The summed E-state index contributed by atoms with van der Waals surface area (Å²) in [6.07, 6.45) is -2.49. The van der Waals surface area contributed by atoms with Crippen LogP contribution in [-0.2, 0) is 10.5 Å². The molecule has 0 radical (unpaired) electrons. The Morgan fingerprint density at radius 2 is 2.22 bits per heavy atom. The summed E-state index contributed by atoms with van der Waals surface area (Å²) in [5.74, 6) is -1.93. The molecular formula is C12H14ClF3N6O. The van der Waals surface area contributed by atoms with Crippen molar-refractivity contribution in [3.05, 3.63) is 28.3 Å². The van der Waals surface area contributed by atoms with Gasteiger partial charge in [0.25, 0.3) is 0 Å². The van der Waals surface area contributed by atoms with Gasteiger partial charge in [-0.3, -0.25) is 5.73 Å². The SMILES string of the molecule is CNC1=C(C(F)(F)F)C=NC(N)(c2cnn(C3COC3)c2Cl)N1. The van der Waals surface area contributed by atoms with E-state index in [0.29, 0.717) is 19.4 Å². The maximum absolute atomic E-state index is 12.9. The zero-order valence-corrected chi connectivity index (χ0v) is 12.7. The van der Waals surface area contributed by atoms with Gasteiger partial charge in [-0.15, -0.1) is 0 Å². The molecule has 1 aromatic heterocycles. The maximum atomic E-state index is 12.9. The van der Waals surface area contributed by atoms with Gasteiger partial charge in [-0.2, -0.15) is 18.3 Å². The summed E-state index contributed by atoms with van der Waals surface area (Å²) in [5.41, 5.74) is 5.43. The van der Waals surface area contributed by atoms with Crippen LogP contribution in [0.4, 0.5) is 13.2 Å². The van der Waals surface area contributed by atoms with Crippen LogP contribution in [0.2, 0.25) is 5.15 Å². The Hall–Kier alpha value is -1.78. The van der Waals surface area contributed by atoms with Gasteiger partial charge < -0.3 is 15.4 Å². The first-order chi connectivity index (χ1) is 10.8. The molecule has 1 unspecified atom stereocenters. The first kappa shape index (κ1) is 16.1. The fourth-order valence-corrected chi connectivity index (χ4v) is 2.67. The zero-order chi connectivity index (χ0) is 16.8. The number of halogens is 4. The predicted molar refractivity (Wildman–Crippen MR) is 76.7 cm³/mol. The Balaban J connectivity index is 1.94. The highest BCUT2D eigenvalue weighted by molar-refractivity contribution is 6.30. The van der Waals surface area contributed by atoms with E-state index in [0.717, 1.165) is 0 Å². The standard InChI is InChI=1S/C12H14ClF3N6O/c1-18-10-8(11(14,15)16)2-19-12(17,21-10)7-3-20-22(9(7)13)6-4-23-5-6/h2-3,6,18,21H,4-5,17H2,1H3. The summed E-state index contributed by atoms with van der Waals surface area (Å²) < 4.78 is 45.4. The van der Waals surface area contributed by atoms with Crippen LogP contribution in [0.5, 0.6) is 0 Å². The molecule has 0 aliphatic carbocycles. The number of hydrogen-bond donors (Lipinski definition) is 3. The maximum Gasteiger partial charge on any atom is 0.421 e. The van der Waals surface area contributed by atoms with E-state index in [9.17, 15) is 13.2 Å². The number of alkyl halides is 3. The van der Waals surface area contributed by atoms with Crippen molar-refractivity contribution in [3.63, 3.8) is 0 Å². The van der Waals surface area contributed by atoms with Crippen LogP contribution in [-0.4, -0.2) is 42.4 Å². The van der Waals surface area contributed by atoms with Crippen molar-refractivity contribution in [1.29, 1.82) is 0 Å². The zero-order valence-electron chi connectivity index (χ0n) is 12.0. The van der Waals surface area contributed by atoms with E-state index >= 15 is 0 Å². The highest BCUT2D eigenvalue weighted by Gasteiger charge is 2.42. The number of nitrogens with two attached hydrogens (primary N) is 1.